The molecule has 10 aromatic carbocycles. The van der Waals surface area contributed by atoms with Gasteiger partial charge in [0.2, 0.25) is 0 Å². The molecule has 1 aliphatic heterocycles. The highest BCUT2D eigenvalue weighted by Crippen LogP contribution is 2.67. The third kappa shape index (κ3) is 6.33. The molecule has 0 bridgehead atoms. The molecule has 1 spiro atoms. The zero-order chi connectivity index (χ0) is 48.5. The van der Waals surface area contributed by atoms with Crippen LogP contribution in [0.1, 0.15) is 44.5 Å². The molecule has 10 aromatic rings. The van der Waals surface area contributed by atoms with Gasteiger partial charge in [0.05, 0.1) is 51.9 Å². The monoisotopic (exact) mass is 932 g/mol. The SMILES string of the molecule is N#Cc1ccc(N(c2ccc(C#N)cc2)c2cc3c4c(c2)C2(c5ccccc5Sc5ccccc52)c2cc(N(c5ccc(C#N)cc5)c5ccc(C#N)cc5)cc(c2-4)-c2ccccc2-c2ccccc2-3)cc1. The normalized spacial score (nSPS) is 12.4. The second-order valence-corrected chi connectivity index (χ2v) is 19.2. The van der Waals surface area contributed by atoms with Gasteiger partial charge in [-0.15, -0.1) is 0 Å². The van der Waals surface area contributed by atoms with Crippen molar-refractivity contribution in [2.24, 2.45) is 0 Å². The van der Waals surface area contributed by atoms with Crippen LogP contribution in [0, 0.1) is 45.3 Å². The molecule has 0 unspecified atom stereocenters. The highest BCUT2D eigenvalue weighted by Gasteiger charge is 2.53. The maximum absolute atomic E-state index is 9.94. The molecule has 1 heterocycles. The molecular formula is C65H36N6S. The third-order valence-electron chi connectivity index (χ3n) is 14.4. The Kier molecular flexibility index (Phi) is 9.77. The summed E-state index contributed by atoms with van der Waals surface area (Å²) in [6.07, 6.45) is 0. The molecule has 7 heteroatoms. The molecule has 0 atom stereocenters. The van der Waals surface area contributed by atoms with Crippen molar-refractivity contribution in [3.05, 3.63) is 263 Å². The van der Waals surface area contributed by atoms with Crippen LogP contribution in [0.5, 0.6) is 0 Å². The van der Waals surface area contributed by atoms with Crippen molar-refractivity contribution in [2.75, 3.05) is 9.80 Å². The fourth-order valence-corrected chi connectivity index (χ4v) is 12.5. The van der Waals surface area contributed by atoms with Crippen LogP contribution in [0.3, 0.4) is 0 Å². The average Bonchev–Trinajstić information content (AvgIpc) is 3.73. The van der Waals surface area contributed by atoms with Crippen molar-refractivity contribution in [3.8, 4) is 68.8 Å². The van der Waals surface area contributed by atoms with Gasteiger partial charge in [-0.05, 0) is 200 Å². The molecule has 13 rings (SSSR count). The van der Waals surface area contributed by atoms with Crippen molar-refractivity contribution in [2.45, 2.75) is 15.2 Å². The summed E-state index contributed by atoms with van der Waals surface area (Å²) in [5.74, 6) is 0. The Labute approximate surface area is 421 Å². The molecule has 2 aliphatic carbocycles. The van der Waals surface area contributed by atoms with E-state index in [1.807, 2.05) is 97.1 Å². The third-order valence-corrected chi connectivity index (χ3v) is 15.5. The molecule has 0 N–H and O–H groups in total. The standard InChI is InChI=1S/C65H36N6S/c66-37-41-17-25-45(26-18-41)70(46-27-19-42(38-67)20-28-46)49-33-55-53-11-3-1-9-51(53)52-10-2-4-12-54(52)56-34-50(71(47-29-21-43(39-68)22-30-47)48-31-23-44(40-69)24-32-48)36-60-64(56)63(55)59(35-49)65(60)57-13-5-7-15-61(57)72-62-16-8-6-14-58(62)65/h1-36H. The van der Waals surface area contributed by atoms with Crippen LogP contribution in [-0.2, 0) is 5.41 Å². The lowest BCUT2D eigenvalue weighted by atomic mass is 9.67. The maximum atomic E-state index is 9.94. The summed E-state index contributed by atoms with van der Waals surface area (Å²) in [7, 11) is 0. The van der Waals surface area contributed by atoms with E-state index in [1.54, 1.807) is 11.8 Å². The number of hydrogen-bond donors (Lipinski definition) is 0. The lowest BCUT2D eigenvalue weighted by molar-refractivity contribution is 0.722. The van der Waals surface area contributed by atoms with E-state index in [-0.39, 0.29) is 0 Å². The van der Waals surface area contributed by atoms with Gasteiger partial charge in [0.25, 0.3) is 0 Å². The van der Waals surface area contributed by atoms with E-state index in [2.05, 4.69) is 155 Å². The smallest absolute Gasteiger partial charge is 0.0991 e. The van der Waals surface area contributed by atoms with Crippen LogP contribution in [0.4, 0.5) is 34.1 Å². The first-order valence-electron chi connectivity index (χ1n) is 23.5. The summed E-state index contributed by atoms with van der Waals surface area (Å²) in [5, 5.41) is 39.8. The van der Waals surface area contributed by atoms with Crippen molar-refractivity contribution >= 4 is 45.9 Å². The second kappa shape index (κ2) is 16.7. The van der Waals surface area contributed by atoms with Gasteiger partial charge in [0.15, 0.2) is 0 Å². The fourth-order valence-electron chi connectivity index (χ4n) is 11.3. The predicted molar refractivity (Wildman–Crippen MR) is 286 cm³/mol. The van der Waals surface area contributed by atoms with Crippen LogP contribution >= 0.6 is 11.8 Å². The summed E-state index contributed by atoms with van der Waals surface area (Å²) in [4.78, 5) is 6.81. The zero-order valence-corrected chi connectivity index (χ0v) is 39.2. The molecule has 0 amide bonds. The Morgan fingerprint density at radius 1 is 0.292 bits per heavy atom. The van der Waals surface area contributed by atoms with Gasteiger partial charge in [0.1, 0.15) is 0 Å². The average molecular weight is 933 g/mol. The van der Waals surface area contributed by atoms with Crippen LogP contribution in [0.25, 0.3) is 44.5 Å². The number of rotatable bonds is 6. The van der Waals surface area contributed by atoms with E-state index >= 15 is 0 Å². The molecule has 0 radical (unpaired) electrons. The zero-order valence-electron chi connectivity index (χ0n) is 38.4. The minimum atomic E-state index is -0.866. The Morgan fingerprint density at radius 3 is 0.903 bits per heavy atom. The maximum Gasteiger partial charge on any atom is 0.0991 e. The van der Waals surface area contributed by atoms with Gasteiger partial charge in [-0.1, -0.05) is 96.7 Å². The summed E-state index contributed by atoms with van der Waals surface area (Å²) >= 11 is 1.80. The molecule has 6 nitrogen and oxygen atoms in total. The summed E-state index contributed by atoms with van der Waals surface area (Å²) in [6.45, 7) is 0. The number of nitriles is 4. The minimum Gasteiger partial charge on any atom is -0.310 e. The molecule has 0 fully saturated rings. The van der Waals surface area contributed by atoms with E-state index in [9.17, 15) is 21.0 Å². The second-order valence-electron chi connectivity index (χ2n) is 18.1. The summed E-state index contributed by atoms with van der Waals surface area (Å²) in [6, 6.07) is 84.6. The lowest BCUT2D eigenvalue weighted by Crippen LogP contribution is -2.32. The van der Waals surface area contributed by atoms with E-state index in [4.69, 9.17) is 0 Å². The van der Waals surface area contributed by atoms with Crippen LogP contribution < -0.4 is 9.80 Å². The quantitative estimate of drug-likeness (QED) is 0.164. The van der Waals surface area contributed by atoms with E-state index in [1.165, 1.54) is 11.1 Å². The van der Waals surface area contributed by atoms with E-state index in [0.29, 0.717) is 22.3 Å². The van der Waals surface area contributed by atoms with Gasteiger partial charge < -0.3 is 9.80 Å². The first kappa shape index (κ1) is 42.2. The van der Waals surface area contributed by atoms with Gasteiger partial charge >= 0.3 is 0 Å². The van der Waals surface area contributed by atoms with Crippen LogP contribution in [0.15, 0.2) is 228 Å². The molecule has 0 aromatic heterocycles. The summed E-state index contributed by atoms with van der Waals surface area (Å²) in [5.41, 5.74) is 20.1. The minimum absolute atomic E-state index is 0.560. The fraction of sp³-hybridized carbons (Fsp3) is 0.0154. The number of fused-ring (bicyclic) bond motifs is 11. The predicted octanol–water partition coefficient (Wildman–Crippen LogP) is 16.3. The van der Waals surface area contributed by atoms with Gasteiger partial charge in [-0.3, -0.25) is 0 Å². The highest BCUT2D eigenvalue weighted by atomic mass is 32.2. The molecule has 3 aliphatic rings. The number of benzene rings is 10. The van der Waals surface area contributed by atoms with Crippen molar-refractivity contribution in [1.29, 1.82) is 21.0 Å². The van der Waals surface area contributed by atoms with Crippen LogP contribution in [-0.4, -0.2) is 0 Å². The number of anilines is 6. The van der Waals surface area contributed by atoms with Gasteiger partial charge in [0, 0.05) is 43.9 Å². The molecular weight excluding hydrogens is 897 g/mol. The molecule has 0 saturated carbocycles. The molecule has 0 saturated heterocycles. The number of nitrogens with zero attached hydrogens (tertiary/aromatic N) is 6. The molecule has 332 valence electrons. The van der Waals surface area contributed by atoms with Gasteiger partial charge in [-0.25, -0.2) is 0 Å². The first-order valence-corrected chi connectivity index (χ1v) is 24.4. The Balaban J connectivity index is 1.22. The molecule has 72 heavy (non-hydrogen) atoms. The summed E-state index contributed by atoms with van der Waals surface area (Å²) < 4.78 is 0. The largest absolute Gasteiger partial charge is 0.310 e. The topological polar surface area (TPSA) is 102 Å². The Bertz CT molecular complexity index is 3670. The Morgan fingerprint density at radius 2 is 0.583 bits per heavy atom. The first-order chi connectivity index (χ1) is 35.5. The van der Waals surface area contributed by atoms with E-state index in [0.717, 1.165) is 99.5 Å². The van der Waals surface area contributed by atoms with Crippen molar-refractivity contribution in [1.82, 2.24) is 0 Å². The highest BCUT2D eigenvalue weighted by molar-refractivity contribution is 7.99. The van der Waals surface area contributed by atoms with Crippen molar-refractivity contribution < 1.29 is 0 Å². The lowest BCUT2D eigenvalue weighted by Gasteiger charge is -2.40. The van der Waals surface area contributed by atoms with Gasteiger partial charge in [-0.2, -0.15) is 21.0 Å². The Hall–Kier alpha value is -9.89. The van der Waals surface area contributed by atoms with Crippen molar-refractivity contribution in [3.63, 3.8) is 0 Å². The van der Waals surface area contributed by atoms with Crippen LogP contribution in [0.2, 0.25) is 0 Å². The number of hydrogen-bond acceptors (Lipinski definition) is 7. The van der Waals surface area contributed by atoms with E-state index < -0.39 is 5.41 Å².